The molecule has 1 heterocycles. The molecule has 0 aliphatic carbocycles. The summed E-state index contributed by atoms with van der Waals surface area (Å²) in [5.41, 5.74) is 4.91. The van der Waals surface area contributed by atoms with E-state index in [0.717, 1.165) is 19.6 Å². The van der Waals surface area contributed by atoms with Crippen LogP contribution in [0.2, 0.25) is 0 Å². The number of halogens is 1. The fourth-order valence-corrected chi connectivity index (χ4v) is 2.72. The molecule has 1 aliphatic heterocycles. The molecule has 8 heteroatoms. The van der Waals surface area contributed by atoms with E-state index in [4.69, 9.17) is 10.5 Å². The van der Waals surface area contributed by atoms with Gasteiger partial charge in [-0.1, -0.05) is 6.92 Å². The molecular formula is C17H36IN5O2. The van der Waals surface area contributed by atoms with Gasteiger partial charge in [0.1, 0.15) is 5.60 Å². The number of likely N-dealkylation sites (tertiary alicyclic amines) is 1. The van der Waals surface area contributed by atoms with Crippen molar-refractivity contribution in [1.82, 2.24) is 15.5 Å². The quantitative estimate of drug-likeness (QED) is 0.316. The average Bonchev–Trinajstić information content (AvgIpc) is 2.87. The van der Waals surface area contributed by atoms with E-state index in [1.807, 2.05) is 34.6 Å². The van der Waals surface area contributed by atoms with Crippen LogP contribution in [0.1, 0.15) is 54.4 Å². The third kappa shape index (κ3) is 10.1. The van der Waals surface area contributed by atoms with Gasteiger partial charge in [-0.25, -0.2) is 4.79 Å². The summed E-state index contributed by atoms with van der Waals surface area (Å²) in [6.07, 6.45) is 1.99. The van der Waals surface area contributed by atoms with Gasteiger partial charge in [0.15, 0.2) is 5.96 Å². The smallest absolute Gasteiger partial charge is 0.408 e. The molecule has 25 heavy (non-hydrogen) atoms. The molecule has 1 atom stereocenters. The molecular weight excluding hydrogens is 433 g/mol. The number of amides is 1. The zero-order valence-electron chi connectivity index (χ0n) is 16.5. The van der Waals surface area contributed by atoms with Crippen LogP contribution in [0.5, 0.6) is 0 Å². The lowest BCUT2D eigenvalue weighted by molar-refractivity contribution is 0.0476. The first-order chi connectivity index (χ1) is 11.0. The monoisotopic (exact) mass is 469 g/mol. The number of nitrogens with one attached hydrogen (secondary N) is 2. The summed E-state index contributed by atoms with van der Waals surface area (Å²) in [5.74, 6) is 0.414. The summed E-state index contributed by atoms with van der Waals surface area (Å²) in [6.45, 7) is 14.9. The van der Waals surface area contributed by atoms with Gasteiger partial charge in [0.2, 0.25) is 0 Å². The molecule has 0 radical (unpaired) electrons. The van der Waals surface area contributed by atoms with Gasteiger partial charge in [0, 0.05) is 12.6 Å². The first-order valence-corrected chi connectivity index (χ1v) is 8.81. The molecule has 4 N–H and O–H groups in total. The fourth-order valence-electron chi connectivity index (χ4n) is 2.72. The highest BCUT2D eigenvalue weighted by atomic mass is 127. The predicted octanol–water partition coefficient (Wildman–Crippen LogP) is 2.30. The van der Waals surface area contributed by atoms with E-state index in [-0.39, 0.29) is 24.0 Å². The Kier molecular flexibility index (Phi) is 10.1. The third-order valence-electron chi connectivity index (χ3n) is 3.91. The van der Waals surface area contributed by atoms with Gasteiger partial charge in [-0.2, -0.15) is 0 Å². The molecule has 1 amide bonds. The first-order valence-electron chi connectivity index (χ1n) is 8.81. The number of hydrogen-bond acceptors (Lipinski definition) is 4. The van der Waals surface area contributed by atoms with Gasteiger partial charge >= 0.3 is 6.09 Å². The van der Waals surface area contributed by atoms with Crippen LogP contribution in [0, 0.1) is 0 Å². The Morgan fingerprint density at radius 3 is 2.52 bits per heavy atom. The van der Waals surface area contributed by atoms with Crippen LogP contribution in [0.4, 0.5) is 4.79 Å². The number of guanidine groups is 1. The normalized spacial score (nSPS) is 19.3. The lowest BCUT2D eigenvalue weighted by Gasteiger charge is -2.27. The molecule has 1 rings (SSSR count). The highest BCUT2D eigenvalue weighted by molar-refractivity contribution is 14.0. The van der Waals surface area contributed by atoms with Gasteiger partial charge in [-0.15, -0.1) is 24.0 Å². The molecule has 0 aromatic carbocycles. The first kappa shape index (κ1) is 24.2. The summed E-state index contributed by atoms with van der Waals surface area (Å²) in [5, 5.41) is 6.02. The maximum Gasteiger partial charge on any atom is 0.408 e. The van der Waals surface area contributed by atoms with Crippen LogP contribution in [0.15, 0.2) is 4.99 Å². The lowest BCUT2D eigenvalue weighted by atomic mass is 10.1. The minimum atomic E-state index is -0.530. The van der Waals surface area contributed by atoms with E-state index in [9.17, 15) is 4.79 Å². The maximum absolute atomic E-state index is 11.9. The molecule has 1 saturated heterocycles. The zero-order valence-corrected chi connectivity index (χ0v) is 18.8. The average molecular weight is 469 g/mol. The summed E-state index contributed by atoms with van der Waals surface area (Å²) in [7, 11) is 0. The van der Waals surface area contributed by atoms with Crippen LogP contribution < -0.4 is 16.4 Å². The van der Waals surface area contributed by atoms with E-state index in [0.29, 0.717) is 18.5 Å². The van der Waals surface area contributed by atoms with Crippen LogP contribution in [-0.2, 0) is 4.74 Å². The Morgan fingerprint density at radius 1 is 1.32 bits per heavy atom. The second-order valence-electron chi connectivity index (χ2n) is 8.02. The lowest BCUT2D eigenvalue weighted by Crippen LogP contribution is -2.49. The molecule has 0 aromatic rings. The predicted molar refractivity (Wildman–Crippen MR) is 114 cm³/mol. The molecule has 0 aromatic heterocycles. The van der Waals surface area contributed by atoms with Crippen molar-refractivity contribution in [1.29, 1.82) is 0 Å². The number of rotatable bonds is 6. The number of ether oxygens (including phenoxy) is 1. The SMILES string of the molecule is CCN1CCCC1CNC(N)=NCC(C)(C)NC(=O)OC(C)(C)C.I. The number of hydrogen-bond donors (Lipinski definition) is 3. The van der Waals surface area contributed by atoms with E-state index in [2.05, 4.69) is 27.4 Å². The standard InChI is InChI=1S/C17H35N5O2.HI/c1-7-22-10-8-9-13(22)11-19-14(18)20-12-17(5,6)21-15(23)24-16(2,3)4;/h13H,7-12H2,1-6H3,(H,21,23)(H3,18,19,20);1H. The third-order valence-corrected chi connectivity index (χ3v) is 3.91. The number of nitrogens with two attached hydrogens (primary N) is 1. The van der Waals surface area contributed by atoms with Crippen LogP contribution in [-0.4, -0.2) is 60.3 Å². The molecule has 1 fully saturated rings. The van der Waals surface area contributed by atoms with Crippen molar-refractivity contribution in [3.63, 3.8) is 0 Å². The van der Waals surface area contributed by atoms with Gasteiger partial charge in [0.05, 0.1) is 12.1 Å². The summed E-state index contributed by atoms with van der Waals surface area (Å²) in [6, 6.07) is 0.525. The van der Waals surface area contributed by atoms with Gasteiger partial charge in [-0.3, -0.25) is 9.89 Å². The van der Waals surface area contributed by atoms with Crippen LogP contribution >= 0.6 is 24.0 Å². The van der Waals surface area contributed by atoms with Crippen molar-refractivity contribution in [3.8, 4) is 0 Å². The Bertz CT molecular complexity index is 449. The van der Waals surface area contributed by atoms with E-state index >= 15 is 0 Å². The molecule has 1 unspecified atom stereocenters. The Balaban J connectivity index is 0.00000576. The number of likely N-dealkylation sites (N-methyl/N-ethyl adjacent to an activating group) is 1. The highest BCUT2D eigenvalue weighted by Gasteiger charge is 2.25. The molecule has 7 nitrogen and oxygen atoms in total. The number of alkyl carbamates (subject to hydrolysis) is 1. The van der Waals surface area contributed by atoms with Gasteiger partial charge in [-0.05, 0) is 60.5 Å². The van der Waals surface area contributed by atoms with Crippen molar-refractivity contribution < 1.29 is 9.53 Å². The van der Waals surface area contributed by atoms with E-state index < -0.39 is 17.2 Å². The summed E-state index contributed by atoms with van der Waals surface area (Å²) < 4.78 is 5.27. The van der Waals surface area contributed by atoms with Crippen molar-refractivity contribution >= 4 is 36.0 Å². The van der Waals surface area contributed by atoms with Crippen LogP contribution in [0.25, 0.3) is 0 Å². The Morgan fingerprint density at radius 2 is 1.96 bits per heavy atom. The minimum Gasteiger partial charge on any atom is -0.444 e. The van der Waals surface area contributed by atoms with Gasteiger partial charge < -0.3 is 21.1 Å². The second-order valence-corrected chi connectivity index (χ2v) is 8.02. The Hall–Kier alpha value is -0.770. The summed E-state index contributed by atoms with van der Waals surface area (Å²) >= 11 is 0. The minimum absolute atomic E-state index is 0. The number of carbonyl (C=O) groups is 1. The molecule has 148 valence electrons. The molecule has 0 spiro atoms. The van der Waals surface area contributed by atoms with Crippen molar-refractivity contribution in [2.45, 2.75) is 71.6 Å². The van der Waals surface area contributed by atoms with E-state index in [1.165, 1.54) is 12.8 Å². The Labute approximate surface area is 169 Å². The topological polar surface area (TPSA) is 92.0 Å². The maximum atomic E-state index is 11.9. The largest absolute Gasteiger partial charge is 0.444 e. The fraction of sp³-hybridized carbons (Fsp3) is 0.882. The van der Waals surface area contributed by atoms with Crippen molar-refractivity contribution in [2.75, 3.05) is 26.2 Å². The molecule has 0 saturated carbocycles. The number of aliphatic imine (C=N–C) groups is 1. The number of carbonyl (C=O) groups excluding carboxylic acids is 1. The molecule has 0 bridgehead atoms. The van der Waals surface area contributed by atoms with Gasteiger partial charge in [0.25, 0.3) is 0 Å². The van der Waals surface area contributed by atoms with Crippen molar-refractivity contribution in [2.24, 2.45) is 10.7 Å². The second kappa shape index (κ2) is 10.4. The van der Waals surface area contributed by atoms with E-state index in [1.54, 1.807) is 0 Å². The van der Waals surface area contributed by atoms with Crippen LogP contribution in [0.3, 0.4) is 0 Å². The molecule has 1 aliphatic rings. The zero-order chi connectivity index (χ0) is 18.4. The summed E-state index contributed by atoms with van der Waals surface area (Å²) in [4.78, 5) is 18.7. The number of nitrogens with zero attached hydrogens (tertiary/aromatic N) is 2. The highest BCUT2D eigenvalue weighted by Crippen LogP contribution is 2.15. The van der Waals surface area contributed by atoms with Crippen molar-refractivity contribution in [3.05, 3.63) is 0 Å².